The first-order valence-electron chi connectivity index (χ1n) is 18.9. The van der Waals surface area contributed by atoms with Gasteiger partial charge >= 0.3 is 19.8 Å². The maximum absolute atomic E-state index is 12.3. The van der Waals surface area contributed by atoms with Crippen LogP contribution in [0.5, 0.6) is 0 Å². The van der Waals surface area contributed by atoms with E-state index in [2.05, 4.69) is 91.3 Å². The summed E-state index contributed by atoms with van der Waals surface area (Å²) in [6.45, 7) is 3.46. The van der Waals surface area contributed by atoms with E-state index >= 15 is 0 Å². The van der Waals surface area contributed by atoms with Gasteiger partial charge in [0.2, 0.25) is 0 Å². The van der Waals surface area contributed by atoms with E-state index < -0.39 is 32.5 Å². The normalized spacial score (nSPS) is 13.4. The summed E-state index contributed by atoms with van der Waals surface area (Å²) in [4.78, 5) is 42.7. The quantitative estimate of drug-likeness (QED) is 0.0226. The third-order valence-corrected chi connectivity index (χ3v) is 7.91. The molecule has 0 aromatic heterocycles. The summed E-state index contributed by atoms with van der Waals surface area (Å²) >= 11 is 0. The maximum atomic E-state index is 12.3. The van der Waals surface area contributed by atoms with Crippen LogP contribution in [0.1, 0.15) is 142 Å². The average Bonchev–Trinajstić information content (AvgIpc) is 3.08. The van der Waals surface area contributed by atoms with Crippen LogP contribution in [-0.2, 0) is 28.2 Å². The molecule has 0 unspecified atom stereocenters. The van der Waals surface area contributed by atoms with E-state index in [9.17, 15) is 14.2 Å². The van der Waals surface area contributed by atoms with Gasteiger partial charge in [-0.25, -0.2) is 4.57 Å². The second-order valence-corrected chi connectivity index (χ2v) is 13.4. The van der Waals surface area contributed by atoms with Crippen molar-refractivity contribution in [2.24, 2.45) is 0 Å². The third kappa shape index (κ3) is 38.0. The number of hydrogen-bond donors (Lipinski definition) is 2. The van der Waals surface area contributed by atoms with Gasteiger partial charge < -0.3 is 19.3 Å². The van der Waals surface area contributed by atoms with Crippen molar-refractivity contribution in [3.05, 3.63) is 85.1 Å². The topological polar surface area (TPSA) is 119 Å². The molecule has 0 aliphatic heterocycles. The Bertz CT molecular complexity index is 1080. The van der Waals surface area contributed by atoms with Crippen LogP contribution < -0.4 is 0 Å². The fourth-order valence-corrected chi connectivity index (χ4v) is 4.99. The summed E-state index contributed by atoms with van der Waals surface area (Å²) < 4.78 is 26.2. The number of ether oxygens (including phenoxy) is 2. The number of hydrogen-bond acceptors (Lipinski definition) is 6. The average molecular weight is 719 g/mol. The summed E-state index contributed by atoms with van der Waals surface area (Å²) in [5.74, 6) is -0.981. The molecule has 0 aromatic rings. The van der Waals surface area contributed by atoms with Crippen molar-refractivity contribution in [1.29, 1.82) is 0 Å². The number of allylic oxidation sites excluding steroid dienone is 14. The monoisotopic (exact) mass is 718 g/mol. The Morgan fingerprint density at radius 1 is 0.560 bits per heavy atom. The molecule has 0 fully saturated rings. The molecule has 50 heavy (non-hydrogen) atoms. The highest BCUT2D eigenvalue weighted by atomic mass is 31.2. The molecule has 0 saturated heterocycles. The fraction of sp³-hybridized carbons (Fsp3) is 0.610. The molecule has 0 amide bonds. The Balaban J connectivity index is 4.13. The molecule has 0 spiro atoms. The SMILES string of the molecule is CC/C=C/C/C=C/C/C=C/C/C=C/C/C=C/CCCC(=O)O[C@H](COC(=O)CCCCCCC/C=C/C=C/CCCCCC)COP(=O)(O)O. The minimum absolute atomic E-state index is 0.125. The van der Waals surface area contributed by atoms with Gasteiger partial charge in [0, 0.05) is 12.8 Å². The van der Waals surface area contributed by atoms with Crippen LogP contribution in [0.15, 0.2) is 85.1 Å². The maximum Gasteiger partial charge on any atom is 0.469 e. The fourth-order valence-electron chi connectivity index (χ4n) is 4.63. The van der Waals surface area contributed by atoms with Crippen molar-refractivity contribution in [1.82, 2.24) is 0 Å². The van der Waals surface area contributed by atoms with E-state index in [4.69, 9.17) is 19.3 Å². The van der Waals surface area contributed by atoms with Crippen molar-refractivity contribution >= 4 is 19.8 Å². The van der Waals surface area contributed by atoms with Crippen molar-refractivity contribution in [3.8, 4) is 0 Å². The first-order valence-corrected chi connectivity index (χ1v) is 20.4. The third-order valence-electron chi connectivity index (χ3n) is 7.43. The van der Waals surface area contributed by atoms with Gasteiger partial charge in [-0.1, -0.05) is 137 Å². The first kappa shape index (κ1) is 47.2. The smallest absolute Gasteiger partial charge is 0.462 e. The molecule has 8 nitrogen and oxygen atoms in total. The highest BCUT2D eigenvalue weighted by Crippen LogP contribution is 2.35. The Hall–Kier alpha value is -2.77. The van der Waals surface area contributed by atoms with Gasteiger partial charge in [0.05, 0.1) is 6.61 Å². The summed E-state index contributed by atoms with van der Waals surface area (Å²) in [7, 11) is -4.77. The van der Waals surface area contributed by atoms with Crippen LogP contribution in [0.4, 0.5) is 0 Å². The van der Waals surface area contributed by atoms with Gasteiger partial charge in [-0.05, 0) is 77.0 Å². The minimum Gasteiger partial charge on any atom is -0.462 e. The van der Waals surface area contributed by atoms with Crippen LogP contribution >= 0.6 is 7.82 Å². The van der Waals surface area contributed by atoms with E-state index in [1.165, 1.54) is 25.7 Å². The van der Waals surface area contributed by atoms with Gasteiger partial charge in [0.15, 0.2) is 6.10 Å². The molecule has 1 atom stereocenters. The number of phosphoric acid groups is 1. The molecule has 0 aliphatic rings. The molecule has 9 heteroatoms. The van der Waals surface area contributed by atoms with Gasteiger partial charge in [0.1, 0.15) is 6.61 Å². The van der Waals surface area contributed by atoms with Crippen LogP contribution in [-0.4, -0.2) is 41.0 Å². The molecular weight excluding hydrogens is 651 g/mol. The largest absolute Gasteiger partial charge is 0.469 e. The number of carbonyl (C=O) groups is 2. The van der Waals surface area contributed by atoms with Crippen molar-refractivity contribution < 1.29 is 37.9 Å². The molecule has 0 saturated carbocycles. The predicted octanol–water partition coefficient (Wildman–Crippen LogP) is 11.3. The number of rotatable bonds is 33. The van der Waals surface area contributed by atoms with Crippen molar-refractivity contribution in [3.63, 3.8) is 0 Å². The zero-order valence-electron chi connectivity index (χ0n) is 31.0. The number of unbranched alkanes of at least 4 members (excludes halogenated alkanes) is 10. The molecule has 0 bridgehead atoms. The molecule has 0 heterocycles. The molecule has 0 radical (unpaired) electrons. The summed E-state index contributed by atoms with van der Waals surface area (Å²) in [6.07, 6.45) is 47.3. The van der Waals surface area contributed by atoms with Gasteiger partial charge in [-0.3, -0.25) is 14.1 Å². The Kier molecular flexibility index (Phi) is 34.0. The Morgan fingerprint density at radius 3 is 1.60 bits per heavy atom. The van der Waals surface area contributed by atoms with E-state index in [0.29, 0.717) is 19.3 Å². The zero-order valence-corrected chi connectivity index (χ0v) is 31.9. The second kappa shape index (κ2) is 36.0. The van der Waals surface area contributed by atoms with E-state index in [-0.39, 0.29) is 19.4 Å². The van der Waals surface area contributed by atoms with Crippen molar-refractivity contribution in [2.45, 2.75) is 148 Å². The molecular formula is C41H67O8P. The van der Waals surface area contributed by atoms with Crippen LogP contribution in [0, 0.1) is 0 Å². The number of esters is 2. The number of phosphoric ester groups is 1. The predicted molar refractivity (Wildman–Crippen MR) is 207 cm³/mol. The van der Waals surface area contributed by atoms with Gasteiger partial charge in [-0.2, -0.15) is 0 Å². The molecule has 284 valence electrons. The highest BCUT2D eigenvalue weighted by molar-refractivity contribution is 7.46. The zero-order chi connectivity index (χ0) is 36.8. The first-order chi connectivity index (χ1) is 24.3. The van der Waals surface area contributed by atoms with Crippen LogP contribution in [0.2, 0.25) is 0 Å². The molecule has 0 rings (SSSR count). The lowest BCUT2D eigenvalue weighted by atomic mass is 10.1. The Labute approximate surface area is 303 Å². The minimum atomic E-state index is -4.77. The Morgan fingerprint density at radius 2 is 1.04 bits per heavy atom. The summed E-state index contributed by atoms with van der Waals surface area (Å²) in [5.41, 5.74) is 0. The lowest BCUT2D eigenvalue weighted by Crippen LogP contribution is -2.29. The second-order valence-electron chi connectivity index (χ2n) is 12.2. The van der Waals surface area contributed by atoms with Crippen LogP contribution in [0.3, 0.4) is 0 Å². The summed E-state index contributed by atoms with van der Waals surface area (Å²) in [6, 6.07) is 0. The van der Waals surface area contributed by atoms with Gasteiger partial charge in [-0.15, -0.1) is 0 Å². The molecule has 0 aromatic carbocycles. The lowest BCUT2D eigenvalue weighted by Gasteiger charge is -2.18. The standard InChI is InChI=1S/C41H67O8P/c1-3-5-7-9-11-13-15-17-19-20-22-24-26-28-30-32-34-36-41(43)49-39(38-48-50(44,45)46)37-47-40(42)35-33-31-29-27-25-23-21-18-16-14-12-10-8-6-4-2/h5,7,11,13-14,16-19,21-22,24,28,30,39H,3-4,6,8-10,12,15,20,23,25-27,29,31-38H2,1-2H3,(H2,44,45,46)/b7-5+,13-11+,16-14+,19-17+,21-18+,24-22+,30-28+/t39-/m1/s1. The van der Waals surface area contributed by atoms with E-state index in [0.717, 1.165) is 70.6 Å². The lowest BCUT2D eigenvalue weighted by molar-refractivity contribution is -0.161. The number of carbonyl (C=O) groups excluding carboxylic acids is 2. The van der Waals surface area contributed by atoms with Crippen LogP contribution in [0.25, 0.3) is 0 Å². The van der Waals surface area contributed by atoms with Crippen molar-refractivity contribution in [2.75, 3.05) is 13.2 Å². The molecule has 2 N–H and O–H groups in total. The van der Waals surface area contributed by atoms with E-state index in [1.807, 2.05) is 12.2 Å². The highest BCUT2D eigenvalue weighted by Gasteiger charge is 2.22. The van der Waals surface area contributed by atoms with E-state index in [1.54, 1.807) is 0 Å². The molecule has 0 aliphatic carbocycles. The van der Waals surface area contributed by atoms with Gasteiger partial charge in [0.25, 0.3) is 0 Å². The summed E-state index contributed by atoms with van der Waals surface area (Å²) in [5, 5.41) is 0.